The average Bonchev–Trinajstić information content (AvgIpc) is 3.26. The molecule has 0 unspecified atom stereocenters. The highest BCUT2D eigenvalue weighted by atomic mass is 32.1. The van der Waals surface area contributed by atoms with Crippen LogP contribution in [0, 0.1) is 13.8 Å². The molecule has 124 valence electrons. The molecule has 3 aromatic rings. The van der Waals surface area contributed by atoms with Crippen LogP contribution in [0.4, 0.5) is 5.00 Å². The minimum absolute atomic E-state index is 0.137. The van der Waals surface area contributed by atoms with Crippen molar-refractivity contribution in [1.82, 2.24) is 5.32 Å². The molecule has 0 fully saturated rings. The highest BCUT2D eigenvalue weighted by Gasteiger charge is 2.16. The molecule has 0 aliphatic rings. The minimum atomic E-state index is -0.331. The molecule has 7 heteroatoms. The Hall–Kier alpha value is -2.38. The van der Waals surface area contributed by atoms with Crippen LogP contribution in [0.3, 0.4) is 0 Å². The molecule has 0 radical (unpaired) electrons. The summed E-state index contributed by atoms with van der Waals surface area (Å²) < 4.78 is 5.06. The summed E-state index contributed by atoms with van der Waals surface area (Å²) in [6.45, 7) is 4.39. The van der Waals surface area contributed by atoms with Gasteiger partial charge in [-0.1, -0.05) is 0 Å². The van der Waals surface area contributed by atoms with Crippen LogP contribution in [0.1, 0.15) is 35.5 Å². The van der Waals surface area contributed by atoms with Gasteiger partial charge in [0.05, 0.1) is 22.7 Å². The Morgan fingerprint density at radius 3 is 2.62 bits per heavy atom. The van der Waals surface area contributed by atoms with Gasteiger partial charge in [-0.25, -0.2) is 0 Å². The van der Waals surface area contributed by atoms with Gasteiger partial charge in [0.15, 0.2) is 5.76 Å². The maximum absolute atomic E-state index is 12.3. The van der Waals surface area contributed by atoms with E-state index in [0.29, 0.717) is 16.4 Å². The SMILES string of the molecule is Cc1ccc(CNC(=O)c2sc(NC(=O)c3ccco3)cc2C)s1. The first-order valence-corrected chi connectivity index (χ1v) is 8.95. The first kappa shape index (κ1) is 16.5. The summed E-state index contributed by atoms with van der Waals surface area (Å²) >= 11 is 2.91. The lowest BCUT2D eigenvalue weighted by atomic mass is 10.2. The normalized spacial score (nSPS) is 10.6. The molecule has 3 rings (SSSR count). The van der Waals surface area contributed by atoms with Gasteiger partial charge in [-0.3, -0.25) is 9.59 Å². The molecule has 0 bridgehead atoms. The summed E-state index contributed by atoms with van der Waals surface area (Å²) in [6.07, 6.45) is 1.44. The molecular formula is C17H16N2O3S2. The Bertz CT molecular complexity index is 862. The predicted molar refractivity (Wildman–Crippen MR) is 95.9 cm³/mol. The van der Waals surface area contributed by atoms with Crippen molar-refractivity contribution in [2.45, 2.75) is 20.4 Å². The number of carbonyl (C=O) groups is 2. The first-order valence-electron chi connectivity index (χ1n) is 7.32. The molecule has 2 N–H and O–H groups in total. The Balaban J connectivity index is 1.64. The van der Waals surface area contributed by atoms with Gasteiger partial charge in [-0.2, -0.15) is 0 Å². The van der Waals surface area contributed by atoms with E-state index in [2.05, 4.69) is 10.6 Å². The Morgan fingerprint density at radius 1 is 1.12 bits per heavy atom. The van der Waals surface area contributed by atoms with Gasteiger partial charge < -0.3 is 15.1 Å². The van der Waals surface area contributed by atoms with Crippen molar-refractivity contribution in [3.8, 4) is 0 Å². The third-order valence-electron chi connectivity index (χ3n) is 3.32. The van der Waals surface area contributed by atoms with Gasteiger partial charge in [0.1, 0.15) is 0 Å². The number of anilines is 1. The van der Waals surface area contributed by atoms with Crippen molar-refractivity contribution >= 4 is 39.5 Å². The zero-order valence-corrected chi connectivity index (χ0v) is 14.8. The van der Waals surface area contributed by atoms with E-state index in [1.165, 1.54) is 22.5 Å². The highest BCUT2D eigenvalue weighted by molar-refractivity contribution is 7.18. The predicted octanol–water partition coefficient (Wildman–Crippen LogP) is 4.20. The van der Waals surface area contributed by atoms with Crippen LogP contribution in [-0.4, -0.2) is 11.8 Å². The minimum Gasteiger partial charge on any atom is -0.459 e. The van der Waals surface area contributed by atoms with Crippen molar-refractivity contribution in [3.05, 3.63) is 62.6 Å². The summed E-state index contributed by atoms with van der Waals surface area (Å²) in [5.74, 6) is -0.232. The summed E-state index contributed by atoms with van der Waals surface area (Å²) in [6, 6.07) is 9.07. The number of nitrogens with one attached hydrogen (secondary N) is 2. The number of carbonyl (C=O) groups excluding carboxylic acids is 2. The maximum atomic E-state index is 12.3. The molecule has 5 nitrogen and oxygen atoms in total. The van der Waals surface area contributed by atoms with Gasteiger partial charge in [0, 0.05) is 9.75 Å². The largest absolute Gasteiger partial charge is 0.459 e. The van der Waals surface area contributed by atoms with Gasteiger partial charge >= 0.3 is 0 Å². The lowest BCUT2D eigenvalue weighted by Crippen LogP contribution is -2.21. The molecule has 0 aromatic carbocycles. The average molecular weight is 360 g/mol. The molecule has 0 saturated carbocycles. The van der Waals surface area contributed by atoms with Crippen LogP contribution in [0.15, 0.2) is 41.0 Å². The molecule has 0 spiro atoms. The number of hydrogen-bond acceptors (Lipinski definition) is 5. The van der Waals surface area contributed by atoms with E-state index in [9.17, 15) is 9.59 Å². The fraction of sp³-hybridized carbons (Fsp3) is 0.176. The molecule has 2 amide bonds. The van der Waals surface area contributed by atoms with E-state index >= 15 is 0 Å². The standard InChI is InChI=1S/C17H16N2O3S2/c1-10-8-14(19-16(20)13-4-3-7-22-13)24-15(10)17(21)18-9-12-6-5-11(2)23-12/h3-8H,9H2,1-2H3,(H,18,21)(H,19,20). The molecule has 3 heterocycles. The lowest BCUT2D eigenvalue weighted by molar-refractivity contribution is 0.0953. The monoisotopic (exact) mass is 360 g/mol. The number of hydrogen-bond donors (Lipinski definition) is 2. The molecular weight excluding hydrogens is 344 g/mol. The van der Waals surface area contributed by atoms with E-state index in [0.717, 1.165) is 10.4 Å². The molecule has 0 atom stereocenters. The van der Waals surface area contributed by atoms with Crippen LogP contribution >= 0.6 is 22.7 Å². The first-order chi connectivity index (χ1) is 11.5. The van der Waals surface area contributed by atoms with Crippen molar-refractivity contribution in [1.29, 1.82) is 0 Å². The van der Waals surface area contributed by atoms with Gasteiger partial charge in [0.25, 0.3) is 11.8 Å². The van der Waals surface area contributed by atoms with Gasteiger partial charge in [-0.05, 0) is 49.7 Å². The Labute approximate surface area is 147 Å². The van der Waals surface area contributed by atoms with Crippen LogP contribution in [-0.2, 0) is 6.54 Å². The van der Waals surface area contributed by atoms with Crippen LogP contribution in [0.5, 0.6) is 0 Å². The second-order valence-corrected chi connectivity index (χ2v) is 7.67. The van der Waals surface area contributed by atoms with Crippen LogP contribution in [0.25, 0.3) is 0 Å². The Kier molecular flexibility index (Phi) is 4.82. The van der Waals surface area contributed by atoms with E-state index in [-0.39, 0.29) is 17.6 Å². The number of aryl methyl sites for hydroxylation is 2. The molecule has 3 aromatic heterocycles. The lowest BCUT2D eigenvalue weighted by Gasteiger charge is -2.02. The smallest absolute Gasteiger partial charge is 0.291 e. The van der Waals surface area contributed by atoms with Crippen LogP contribution in [0.2, 0.25) is 0 Å². The topological polar surface area (TPSA) is 71.3 Å². The van der Waals surface area contributed by atoms with E-state index in [1.54, 1.807) is 29.5 Å². The molecule has 0 aliphatic carbocycles. The maximum Gasteiger partial charge on any atom is 0.291 e. The summed E-state index contributed by atoms with van der Waals surface area (Å²) in [5.41, 5.74) is 0.828. The highest BCUT2D eigenvalue weighted by Crippen LogP contribution is 2.27. The number of amides is 2. The van der Waals surface area contributed by atoms with Crippen molar-refractivity contribution in [2.75, 3.05) is 5.32 Å². The molecule has 0 aliphatic heterocycles. The second kappa shape index (κ2) is 7.02. The molecule has 24 heavy (non-hydrogen) atoms. The summed E-state index contributed by atoms with van der Waals surface area (Å²) in [7, 11) is 0. The summed E-state index contributed by atoms with van der Waals surface area (Å²) in [5, 5.41) is 6.28. The van der Waals surface area contributed by atoms with Gasteiger partial charge in [-0.15, -0.1) is 22.7 Å². The molecule has 0 saturated heterocycles. The Morgan fingerprint density at radius 2 is 1.96 bits per heavy atom. The van der Waals surface area contributed by atoms with E-state index in [4.69, 9.17) is 4.42 Å². The zero-order valence-electron chi connectivity index (χ0n) is 13.2. The van der Waals surface area contributed by atoms with Crippen molar-refractivity contribution < 1.29 is 14.0 Å². The number of thiophene rings is 2. The third kappa shape index (κ3) is 3.74. The van der Waals surface area contributed by atoms with E-state index < -0.39 is 0 Å². The van der Waals surface area contributed by atoms with Crippen LogP contribution < -0.4 is 10.6 Å². The fourth-order valence-electron chi connectivity index (χ4n) is 2.18. The van der Waals surface area contributed by atoms with E-state index in [1.807, 2.05) is 26.0 Å². The zero-order chi connectivity index (χ0) is 17.1. The van der Waals surface area contributed by atoms with Crippen molar-refractivity contribution in [3.63, 3.8) is 0 Å². The fourth-order valence-corrected chi connectivity index (χ4v) is 3.99. The second-order valence-electron chi connectivity index (χ2n) is 5.25. The van der Waals surface area contributed by atoms with Gasteiger partial charge in [0.2, 0.25) is 0 Å². The number of rotatable bonds is 5. The van der Waals surface area contributed by atoms with Crippen molar-refractivity contribution in [2.24, 2.45) is 0 Å². The quantitative estimate of drug-likeness (QED) is 0.716. The summed E-state index contributed by atoms with van der Waals surface area (Å²) in [4.78, 5) is 27.3. The number of furan rings is 1. The third-order valence-corrected chi connectivity index (χ3v) is 5.48.